The highest BCUT2D eigenvalue weighted by Gasteiger charge is 2.24. The fourth-order valence-corrected chi connectivity index (χ4v) is 4.36. The summed E-state index contributed by atoms with van der Waals surface area (Å²) in [7, 11) is -1.94. The molecule has 3 aromatic rings. The molecule has 0 radical (unpaired) electrons. The van der Waals surface area contributed by atoms with Crippen LogP contribution in [-0.2, 0) is 23.5 Å². The number of aryl methyl sites for hydroxylation is 1. The van der Waals surface area contributed by atoms with Crippen molar-refractivity contribution in [3.05, 3.63) is 28.9 Å². The second kappa shape index (κ2) is 5.37. The van der Waals surface area contributed by atoms with Crippen LogP contribution >= 0.6 is 22.9 Å². The predicted octanol–water partition coefficient (Wildman–Crippen LogP) is 0.699. The van der Waals surface area contributed by atoms with Gasteiger partial charge in [-0.15, -0.1) is 21.5 Å². The highest BCUT2D eigenvalue weighted by molar-refractivity contribution is 7.89. The minimum absolute atomic E-state index is 0.0343. The zero-order chi connectivity index (χ0) is 15.0. The molecule has 0 amide bonds. The minimum atomic E-state index is -3.74. The summed E-state index contributed by atoms with van der Waals surface area (Å²) >= 11 is 7.24. The van der Waals surface area contributed by atoms with E-state index in [4.69, 9.17) is 11.6 Å². The van der Waals surface area contributed by atoms with Crippen LogP contribution < -0.4 is 4.72 Å². The maximum Gasteiger partial charge on any atom is 0.259 e. The minimum Gasteiger partial charge on any atom is -0.321 e. The van der Waals surface area contributed by atoms with Gasteiger partial charge in [0.15, 0.2) is 15.1 Å². The first-order chi connectivity index (χ1) is 9.99. The number of rotatable bonds is 5. The summed E-state index contributed by atoms with van der Waals surface area (Å²) < 4.78 is 30.4. The Kier molecular flexibility index (Phi) is 3.69. The molecule has 0 aliphatic rings. The van der Waals surface area contributed by atoms with Gasteiger partial charge in [-0.25, -0.2) is 18.1 Å². The Morgan fingerprint density at radius 1 is 1.48 bits per heavy atom. The predicted molar refractivity (Wildman–Crippen MR) is 78.0 cm³/mol. The second-order valence-electron chi connectivity index (χ2n) is 4.27. The smallest absolute Gasteiger partial charge is 0.259 e. The van der Waals surface area contributed by atoms with Crippen LogP contribution in [0.15, 0.2) is 22.9 Å². The molecular formula is C10H11ClN6O2S2. The largest absolute Gasteiger partial charge is 0.321 e. The van der Waals surface area contributed by atoms with Crippen molar-refractivity contribution in [3.63, 3.8) is 0 Å². The van der Waals surface area contributed by atoms with E-state index in [0.29, 0.717) is 17.2 Å². The summed E-state index contributed by atoms with van der Waals surface area (Å²) in [6.45, 7) is 0.197. The van der Waals surface area contributed by atoms with Gasteiger partial charge >= 0.3 is 0 Å². The summed E-state index contributed by atoms with van der Waals surface area (Å²) in [4.78, 5) is 4.55. The first-order valence-electron chi connectivity index (χ1n) is 5.92. The topological polar surface area (TPSA) is 94.2 Å². The summed E-state index contributed by atoms with van der Waals surface area (Å²) in [6.07, 6.45) is 3.61. The number of thiazole rings is 1. The Balaban J connectivity index is 1.79. The van der Waals surface area contributed by atoms with Gasteiger partial charge in [0.25, 0.3) is 10.0 Å². The highest BCUT2D eigenvalue weighted by Crippen LogP contribution is 2.25. The lowest BCUT2D eigenvalue weighted by molar-refractivity contribution is 0.575. The molecule has 0 aliphatic carbocycles. The van der Waals surface area contributed by atoms with Crippen LogP contribution in [0.4, 0.5) is 0 Å². The molecule has 0 aliphatic heterocycles. The molecular weight excluding hydrogens is 336 g/mol. The molecule has 21 heavy (non-hydrogen) atoms. The lowest BCUT2D eigenvalue weighted by Gasteiger charge is -2.05. The molecule has 0 saturated carbocycles. The fraction of sp³-hybridized carbons (Fsp3) is 0.300. The molecule has 112 valence electrons. The number of halogens is 1. The van der Waals surface area contributed by atoms with E-state index < -0.39 is 10.0 Å². The number of hydrogen-bond donors (Lipinski definition) is 1. The number of nitrogens with one attached hydrogen (secondary N) is 1. The van der Waals surface area contributed by atoms with E-state index in [1.807, 2.05) is 0 Å². The van der Waals surface area contributed by atoms with Crippen LogP contribution in [0, 0.1) is 0 Å². The molecule has 11 heteroatoms. The molecule has 3 rings (SSSR count). The molecule has 0 atom stereocenters. The van der Waals surface area contributed by atoms with Crippen molar-refractivity contribution in [3.8, 4) is 0 Å². The zero-order valence-electron chi connectivity index (χ0n) is 10.9. The number of sulfonamides is 1. The zero-order valence-corrected chi connectivity index (χ0v) is 13.3. The summed E-state index contributed by atoms with van der Waals surface area (Å²) in [6, 6.07) is 0. The normalized spacial score (nSPS) is 12.3. The molecule has 3 aromatic heterocycles. The summed E-state index contributed by atoms with van der Waals surface area (Å²) in [5, 5.41) is 9.30. The molecule has 8 nitrogen and oxygen atoms in total. The maximum absolute atomic E-state index is 12.3. The molecule has 0 aromatic carbocycles. The van der Waals surface area contributed by atoms with Gasteiger partial charge in [-0.2, -0.15) is 0 Å². The molecule has 0 fully saturated rings. The Hall–Kier alpha value is -1.49. The highest BCUT2D eigenvalue weighted by atomic mass is 35.5. The van der Waals surface area contributed by atoms with Gasteiger partial charge in [-0.3, -0.25) is 4.40 Å². The molecule has 0 bridgehead atoms. The van der Waals surface area contributed by atoms with Crippen LogP contribution in [0.3, 0.4) is 0 Å². The van der Waals surface area contributed by atoms with E-state index in [1.54, 1.807) is 29.5 Å². The van der Waals surface area contributed by atoms with E-state index in [9.17, 15) is 8.42 Å². The van der Waals surface area contributed by atoms with Crippen molar-refractivity contribution in [1.82, 2.24) is 28.9 Å². The van der Waals surface area contributed by atoms with Gasteiger partial charge in [0.2, 0.25) is 0 Å². The molecule has 0 unspecified atom stereocenters. The first kappa shape index (κ1) is 14.4. The van der Waals surface area contributed by atoms with Crippen LogP contribution in [0.5, 0.6) is 0 Å². The van der Waals surface area contributed by atoms with E-state index in [2.05, 4.69) is 19.9 Å². The van der Waals surface area contributed by atoms with Crippen LogP contribution in [0.1, 0.15) is 5.82 Å². The lowest BCUT2D eigenvalue weighted by atomic mass is 10.4. The fourth-order valence-electron chi connectivity index (χ4n) is 1.88. The van der Waals surface area contributed by atoms with Crippen molar-refractivity contribution >= 4 is 37.9 Å². The molecule has 0 spiro atoms. The van der Waals surface area contributed by atoms with Crippen molar-refractivity contribution in [2.75, 3.05) is 6.54 Å². The Morgan fingerprint density at radius 2 is 2.29 bits per heavy atom. The van der Waals surface area contributed by atoms with Crippen LogP contribution in [0.2, 0.25) is 5.15 Å². The van der Waals surface area contributed by atoms with Gasteiger partial charge in [-0.1, -0.05) is 11.6 Å². The number of aromatic nitrogens is 5. The third kappa shape index (κ3) is 2.67. The molecule has 3 heterocycles. The van der Waals surface area contributed by atoms with Crippen molar-refractivity contribution in [2.24, 2.45) is 7.05 Å². The van der Waals surface area contributed by atoms with Crippen molar-refractivity contribution < 1.29 is 8.42 Å². The van der Waals surface area contributed by atoms with E-state index in [0.717, 1.165) is 0 Å². The third-order valence-electron chi connectivity index (χ3n) is 2.88. The average Bonchev–Trinajstić information content (AvgIpc) is 3.05. The summed E-state index contributed by atoms with van der Waals surface area (Å²) in [5.74, 6) is 0.692. The maximum atomic E-state index is 12.3. The van der Waals surface area contributed by atoms with Gasteiger partial charge in [-0.05, 0) is 0 Å². The van der Waals surface area contributed by atoms with E-state index in [1.165, 1.54) is 15.7 Å². The standard InChI is InChI=1S/C10H11ClN6O2S2/c1-16-6-12-15-7(16)2-3-13-21(18,19)9-8(11)14-10-17(9)4-5-20-10/h4-6,13H,2-3H2,1H3. The SMILES string of the molecule is Cn1cnnc1CCNS(=O)(=O)c1c(Cl)nc2sccn12. The summed E-state index contributed by atoms with van der Waals surface area (Å²) in [5.41, 5.74) is 0. The van der Waals surface area contributed by atoms with Gasteiger partial charge in [0, 0.05) is 31.6 Å². The monoisotopic (exact) mass is 346 g/mol. The quantitative estimate of drug-likeness (QED) is 0.733. The lowest BCUT2D eigenvalue weighted by Crippen LogP contribution is -2.27. The Bertz CT molecular complexity index is 881. The molecule has 0 saturated heterocycles. The second-order valence-corrected chi connectivity index (χ2v) is 7.18. The third-order valence-corrected chi connectivity index (χ3v) is 5.49. The average molecular weight is 347 g/mol. The van der Waals surface area contributed by atoms with Crippen molar-refractivity contribution in [2.45, 2.75) is 11.4 Å². The van der Waals surface area contributed by atoms with Crippen LogP contribution in [0.25, 0.3) is 4.96 Å². The number of imidazole rings is 1. The van der Waals surface area contributed by atoms with Crippen molar-refractivity contribution in [1.29, 1.82) is 0 Å². The first-order valence-corrected chi connectivity index (χ1v) is 8.67. The number of nitrogens with zero attached hydrogens (tertiary/aromatic N) is 5. The Morgan fingerprint density at radius 3 is 3.00 bits per heavy atom. The van der Waals surface area contributed by atoms with Gasteiger partial charge in [0.05, 0.1) is 0 Å². The Labute approximate surface area is 129 Å². The van der Waals surface area contributed by atoms with Gasteiger partial charge in [0.1, 0.15) is 12.2 Å². The van der Waals surface area contributed by atoms with E-state index >= 15 is 0 Å². The van der Waals surface area contributed by atoms with E-state index in [-0.39, 0.29) is 16.7 Å². The number of hydrogen-bond acceptors (Lipinski definition) is 6. The van der Waals surface area contributed by atoms with Crippen LogP contribution in [-0.4, -0.2) is 39.1 Å². The van der Waals surface area contributed by atoms with Gasteiger partial charge < -0.3 is 4.57 Å². The molecule has 1 N–H and O–H groups in total. The number of fused-ring (bicyclic) bond motifs is 1.